The Labute approximate surface area is 102 Å². The largest absolute Gasteiger partial charge is 0.491 e. The van der Waals surface area contributed by atoms with Crippen LogP contribution in [0.1, 0.15) is 36.5 Å². The highest BCUT2D eigenvalue weighted by atomic mass is 16.5. The first-order valence-electron chi connectivity index (χ1n) is 5.87. The molecule has 0 fully saturated rings. The molecule has 0 amide bonds. The fourth-order valence-electron chi connectivity index (χ4n) is 1.52. The molecule has 94 valence electrons. The molecule has 1 rings (SSSR count). The number of hydrogen-bond acceptors (Lipinski definition) is 3. The lowest BCUT2D eigenvalue weighted by molar-refractivity contribution is 0.0696. The van der Waals surface area contributed by atoms with Crippen molar-refractivity contribution < 1.29 is 14.6 Å². The van der Waals surface area contributed by atoms with E-state index in [1.165, 1.54) is 0 Å². The normalized spacial score (nSPS) is 10.0. The van der Waals surface area contributed by atoms with Crippen LogP contribution in [-0.4, -0.2) is 24.7 Å². The molecule has 0 radical (unpaired) electrons. The van der Waals surface area contributed by atoms with Crippen LogP contribution in [0, 0.1) is 0 Å². The summed E-state index contributed by atoms with van der Waals surface area (Å²) in [7, 11) is 1.79. The lowest BCUT2D eigenvalue weighted by Gasteiger charge is -2.11. The molecular formula is C13H19NO3. The topological polar surface area (TPSA) is 58.6 Å². The van der Waals surface area contributed by atoms with Gasteiger partial charge in [0.1, 0.15) is 5.75 Å². The Morgan fingerprint density at radius 2 is 2.18 bits per heavy atom. The van der Waals surface area contributed by atoms with E-state index in [-0.39, 0.29) is 5.56 Å². The average Bonchev–Trinajstić information content (AvgIpc) is 2.34. The van der Waals surface area contributed by atoms with E-state index in [0.29, 0.717) is 12.4 Å². The maximum atomic E-state index is 10.9. The fraction of sp³-hybridized carbons (Fsp3) is 0.462. The summed E-state index contributed by atoms with van der Waals surface area (Å²) >= 11 is 0. The van der Waals surface area contributed by atoms with Crippen LogP contribution in [-0.2, 0) is 0 Å². The number of benzene rings is 1. The number of anilines is 1. The van der Waals surface area contributed by atoms with Crippen molar-refractivity contribution in [1.29, 1.82) is 0 Å². The maximum absolute atomic E-state index is 10.9. The standard InChI is InChI=1S/C13H19NO3/c1-3-4-5-8-17-12-9-10(13(15)16)6-7-11(12)14-2/h6-7,9,14H,3-5,8H2,1-2H3,(H,15,16). The molecule has 0 heterocycles. The zero-order chi connectivity index (χ0) is 12.7. The molecule has 0 aliphatic carbocycles. The second kappa shape index (κ2) is 6.78. The van der Waals surface area contributed by atoms with E-state index in [0.717, 1.165) is 24.9 Å². The Morgan fingerprint density at radius 3 is 2.76 bits per heavy atom. The van der Waals surface area contributed by atoms with E-state index in [1.807, 2.05) is 0 Å². The molecule has 0 aliphatic heterocycles. The van der Waals surface area contributed by atoms with E-state index in [2.05, 4.69) is 12.2 Å². The third kappa shape index (κ3) is 3.98. The van der Waals surface area contributed by atoms with Crippen LogP contribution >= 0.6 is 0 Å². The molecule has 0 saturated heterocycles. The molecule has 2 N–H and O–H groups in total. The lowest BCUT2D eigenvalue weighted by atomic mass is 10.2. The minimum atomic E-state index is -0.939. The molecular weight excluding hydrogens is 218 g/mol. The number of unbranched alkanes of at least 4 members (excludes halogenated alkanes) is 2. The summed E-state index contributed by atoms with van der Waals surface area (Å²) in [6.07, 6.45) is 3.24. The van der Waals surface area contributed by atoms with Crippen LogP contribution < -0.4 is 10.1 Å². The van der Waals surface area contributed by atoms with Crippen LogP contribution in [0.3, 0.4) is 0 Å². The van der Waals surface area contributed by atoms with Crippen molar-refractivity contribution in [2.24, 2.45) is 0 Å². The Bertz CT molecular complexity index is 377. The Hall–Kier alpha value is -1.71. The molecule has 0 unspecified atom stereocenters. The first kappa shape index (κ1) is 13.4. The number of ether oxygens (including phenoxy) is 1. The van der Waals surface area contributed by atoms with E-state index in [4.69, 9.17) is 9.84 Å². The molecule has 4 nitrogen and oxygen atoms in total. The van der Waals surface area contributed by atoms with Gasteiger partial charge in [-0.05, 0) is 24.6 Å². The van der Waals surface area contributed by atoms with E-state index < -0.39 is 5.97 Å². The highest BCUT2D eigenvalue weighted by Gasteiger charge is 2.08. The maximum Gasteiger partial charge on any atom is 0.335 e. The molecule has 0 spiro atoms. The quantitative estimate of drug-likeness (QED) is 0.716. The van der Waals surface area contributed by atoms with Crippen LogP contribution in [0.15, 0.2) is 18.2 Å². The second-order valence-corrected chi connectivity index (χ2v) is 3.82. The summed E-state index contributed by atoms with van der Waals surface area (Å²) in [6, 6.07) is 4.84. The molecule has 0 atom stereocenters. The van der Waals surface area contributed by atoms with Crippen LogP contribution in [0.4, 0.5) is 5.69 Å². The monoisotopic (exact) mass is 237 g/mol. The zero-order valence-corrected chi connectivity index (χ0v) is 10.3. The van der Waals surface area contributed by atoms with Gasteiger partial charge in [-0.15, -0.1) is 0 Å². The number of carboxylic acids is 1. The minimum Gasteiger partial charge on any atom is -0.491 e. The van der Waals surface area contributed by atoms with Gasteiger partial charge in [0.15, 0.2) is 0 Å². The highest BCUT2D eigenvalue weighted by molar-refractivity contribution is 5.89. The lowest BCUT2D eigenvalue weighted by Crippen LogP contribution is -2.03. The van der Waals surface area contributed by atoms with Crippen molar-refractivity contribution in [2.45, 2.75) is 26.2 Å². The highest BCUT2D eigenvalue weighted by Crippen LogP contribution is 2.25. The first-order chi connectivity index (χ1) is 8.19. The fourth-order valence-corrected chi connectivity index (χ4v) is 1.52. The van der Waals surface area contributed by atoms with E-state index in [1.54, 1.807) is 25.2 Å². The van der Waals surface area contributed by atoms with Gasteiger partial charge >= 0.3 is 5.97 Å². The summed E-state index contributed by atoms with van der Waals surface area (Å²) in [5, 5.41) is 11.9. The van der Waals surface area contributed by atoms with Crippen LogP contribution in [0.2, 0.25) is 0 Å². The van der Waals surface area contributed by atoms with Gasteiger partial charge in [0.05, 0.1) is 17.9 Å². The van der Waals surface area contributed by atoms with Gasteiger partial charge in [-0.3, -0.25) is 0 Å². The summed E-state index contributed by atoms with van der Waals surface area (Å²) in [5.41, 5.74) is 1.06. The average molecular weight is 237 g/mol. The second-order valence-electron chi connectivity index (χ2n) is 3.82. The van der Waals surface area contributed by atoms with Gasteiger partial charge in [0, 0.05) is 7.05 Å². The van der Waals surface area contributed by atoms with Crippen molar-refractivity contribution in [3.05, 3.63) is 23.8 Å². The Morgan fingerprint density at radius 1 is 1.41 bits per heavy atom. The number of hydrogen-bond donors (Lipinski definition) is 2. The van der Waals surface area contributed by atoms with Gasteiger partial charge in [0.2, 0.25) is 0 Å². The Kier molecular flexibility index (Phi) is 5.33. The molecule has 0 bridgehead atoms. The summed E-state index contributed by atoms with van der Waals surface area (Å²) in [5.74, 6) is -0.338. The summed E-state index contributed by atoms with van der Waals surface area (Å²) in [6.45, 7) is 2.75. The molecule has 1 aromatic carbocycles. The number of aromatic carboxylic acids is 1. The molecule has 0 aromatic heterocycles. The molecule has 1 aromatic rings. The van der Waals surface area contributed by atoms with E-state index >= 15 is 0 Å². The van der Waals surface area contributed by atoms with Gasteiger partial charge in [-0.2, -0.15) is 0 Å². The van der Waals surface area contributed by atoms with Gasteiger partial charge < -0.3 is 15.2 Å². The van der Waals surface area contributed by atoms with Crippen molar-refractivity contribution in [1.82, 2.24) is 0 Å². The minimum absolute atomic E-state index is 0.245. The Balaban J connectivity index is 2.72. The molecule has 17 heavy (non-hydrogen) atoms. The van der Waals surface area contributed by atoms with Crippen LogP contribution in [0.25, 0.3) is 0 Å². The summed E-state index contributed by atoms with van der Waals surface area (Å²) < 4.78 is 5.60. The predicted molar refractivity (Wildman–Crippen MR) is 68.0 cm³/mol. The van der Waals surface area contributed by atoms with E-state index in [9.17, 15) is 4.79 Å². The van der Waals surface area contributed by atoms with Crippen molar-refractivity contribution >= 4 is 11.7 Å². The molecule has 0 saturated carbocycles. The van der Waals surface area contributed by atoms with Gasteiger partial charge in [-0.1, -0.05) is 19.8 Å². The van der Waals surface area contributed by atoms with Crippen molar-refractivity contribution in [2.75, 3.05) is 19.0 Å². The first-order valence-corrected chi connectivity index (χ1v) is 5.87. The van der Waals surface area contributed by atoms with Crippen molar-refractivity contribution in [3.8, 4) is 5.75 Å². The predicted octanol–water partition coefficient (Wildman–Crippen LogP) is 3.00. The summed E-state index contributed by atoms with van der Waals surface area (Å²) in [4.78, 5) is 10.9. The number of carbonyl (C=O) groups is 1. The van der Waals surface area contributed by atoms with Gasteiger partial charge in [0.25, 0.3) is 0 Å². The SMILES string of the molecule is CCCCCOc1cc(C(=O)O)ccc1NC. The zero-order valence-electron chi connectivity index (χ0n) is 10.3. The van der Waals surface area contributed by atoms with Gasteiger partial charge in [-0.25, -0.2) is 4.79 Å². The van der Waals surface area contributed by atoms with Crippen molar-refractivity contribution in [3.63, 3.8) is 0 Å². The molecule has 4 heteroatoms. The number of rotatable bonds is 7. The smallest absolute Gasteiger partial charge is 0.335 e. The third-order valence-electron chi connectivity index (χ3n) is 2.50. The molecule has 0 aliphatic rings. The third-order valence-corrected chi connectivity index (χ3v) is 2.50. The number of carboxylic acid groups (broad SMARTS) is 1. The number of nitrogens with one attached hydrogen (secondary N) is 1. The van der Waals surface area contributed by atoms with Crippen LogP contribution in [0.5, 0.6) is 5.75 Å².